The maximum absolute atomic E-state index is 13.2. The second-order valence-electron chi connectivity index (χ2n) is 6.09. The second-order valence-corrected chi connectivity index (χ2v) is 6.09. The van der Waals surface area contributed by atoms with Crippen molar-refractivity contribution >= 4 is 5.57 Å². The Labute approximate surface area is 150 Å². The Bertz CT molecular complexity index is 786. The van der Waals surface area contributed by atoms with Gasteiger partial charge in [0.25, 0.3) is 0 Å². The van der Waals surface area contributed by atoms with Crippen molar-refractivity contribution in [2.75, 3.05) is 0 Å². The van der Waals surface area contributed by atoms with Crippen LogP contribution in [0, 0.1) is 23.3 Å². The van der Waals surface area contributed by atoms with Crippen molar-refractivity contribution in [1.82, 2.24) is 0 Å². The van der Waals surface area contributed by atoms with Crippen LogP contribution in [0.4, 0.5) is 17.6 Å². The summed E-state index contributed by atoms with van der Waals surface area (Å²) >= 11 is 0. The van der Waals surface area contributed by atoms with Gasteiger partial charge in [0.2, 0.25) is 0 Å². The summed E-state index contributed by atoms with van der Waals surface area (Å²) in [7, 11) is 0. The first-order valence-corrected chi connectivity index (χ1v) is 7.96. The molecule has 0 atom stereocenters. The molecule has 0 saturated heterocycles. The van der Waals surface area contributed by atoms with E-state index in [2.05, 4.69) is 6.58 Å². The van der Waals surface area contributed by atoms with Gasteiger partial charge in [-0.2, -0.15) is 0 Å². The lowest BCUT2D eigenvalue weighted by Crippen LogP contribution is -2.00. The third kappa shape index (κ3) is 4.93. The van der Waals surface area contributed by atoms with Crippen LogP contribution in [0.25, 0.3) is 5.57 Å². The molecule has 0 aliphatic carbocycles. The Morgan fingerprint density at radius 1 is 0.846 bits per heavy atom. The van der Waals surface area contributed by atoms with Crippen LogP contribution in [0.1, 0.15) is 48.9 Å². The van der Waals surface area contributed by atoms with Gasteiger partial charge in [-0.05, 0) is 24.0 Å². The van der Waals surface area contributed by atoms with E-state index in [1.54, 1.807) is 20.8 Å². The predicted octanol–water partition coefficient (Wildman–Crippen LogP) is 5.07. The molecule has 6 heteroatoms. The SMILES string of the molecule is C=C(C)c1ccc(CO)c(F)c1F.CC(C)c1ccc(CO)c(F)c1F. The quantitative estimate of drug-likeness (QED) is 0.738. The second kappa shape index (κ2) is 9.50. The number of rotatable bonds is 4. The lowest BCUT2D eigenvalue weighted by molar-refractivity contribution is 0.273. The first-order valence-electron chi connectivity index (χ1n) is 7.96. The van der Waals surface area contributed by atoms with E-state index in [0.717, 1.165) is 0 Å². The van der Waals surface area contributed by atoms with Crippen LogP contribution in [-0.2, 0) is 13.2 Å². The molecule has 0 spiro atoms. The van der Waals surface area contributed by atoms with E-state index in [4.69, 9.17) is 10.2 Å². The highest BCUT2D eigenvalue weighted by Crippen LogP contribution is 2.23. The molecule has 0 unspecified atom stereocenters. The molecule has 2 aromatic rings. The van der Waals surface area contributed by atoms with Gasteiger partial charge in [-0.15, -0.1) is 0 Å². The van der Waals surface area contributed by atoms with Gasteiger partial charge in [0.15, 0.2) is 23.3 Å². The maximum atomic E-state index is 13.2. The summed E-state index contributed by atoms with van der Waals surface area (Å²) in [5.41, 5.74) is 0.912. The van der Waals surface area contributed by atoms with Crippen molar-refractivity contribution < 1.29 is 27.8 Å². The Balaban J connectivity index is 0.000000260. The standard InChI is InChI=1S/C10H12F2O.C10H10F2O/c2*1-6(2)8-4-3-7(5-13)9(11)10(8)12/h3-4,6,13H,5H2,1-2H3;3-4,13H,1,5H2,2H3. The summed E-state index contributed by atoms with van der Waals surface area (Å²) in [5.74, 6) is -3.78. The molecule has 0 heterocycles. The summed E-state index contributed by atoms with van der Waals surface area (Å²) < 4.78 is 52.5. The molecule has 2 nitrogen and oxygen atoms in total. The number of hydrogen-bond donors (Lipinski definition) is 2. The molecule has 2 N–H and O–H groups in total. The van der Waals surface area contributed by atoms with Crippen LogP contribution in [0.15, 0.2) is 30.8 Å². The van der Waals surface area contributed by atoms with Gasteiger partial charge >= 0.3 is 0 Å². The Kier molecular flexibility index (Phi) is 7.99. The average molecular weight is 370 g/mol. The number of aliphatic hydroxyl groups excluding tert-OH is 2. The highest BCUT2D eigenvalue weighted by atomic mass is 19.2. The molecule has 142 valence electrons. The van der Waals surface area contributed by atoms with Crippen molar-refractivity contribution in [2.24, 2.45) is 0 Å². The van der Waals surface area contributed by atoms with Crippen LogP contribution < -0.4 is 0 Å². The first-order chi connectivity index (χ1) is 12.1. The zero-order chi connectivity index (χ0) is 20.0. The summed E-state index contributed by atoms with van der Waals surface area (Å²) in [5, 5.41) is 17.3. The molecular weight excluding hydrogens is 348 g/mol. The third-order valence-corrected chi connectivity index (χ3v) is 3.78. The van der Waals surface area contributed by atoms with Gasteiger partial charge in [-0.1, -0.05) is 44.7 Å². The van der Waals surface area contributed by atoms with Gasteiger partial charge in [0.05, 0.1) is 13.2 Å². The summed E-state index contributed by atoms with van der Waals surface area (Å²) in [4.78, 5) is 0. The lowest BCUT2D eigenvalue weighted by atomic mass is 10.0. The number of hydrogen-bond acceptors (Lipinski definition) is 2. The summed E-state index contributed by atoms with van der Waals surface area (Å²) in [6, 6.07) is 5.68. The van der Waals surface area contributed by atoms with E-state index in [1.807, 2.05) is 0 Å². The number of allylic oxidation sites excluding steroid dienone is 1. The van der Waals surface area contributed by atoms with Crippen molar-refractivity contribution in [3.05, 3.63) is 76.4 Å². The fourth-order valence-corrected chi connectivity index (χ4v) is 2.21. The molecule has 0 saturated carbocycles. The zero-order valence-electron chi connectivity index (χ0n) is 14.9. The lowest BCUT2D eigenvalue weighted by Gasteiger charge is -2.09. The normalized spacial score (nSPS) is 10.5. The average Bonchev–Trinajstić information content (AvgIpc) is 2.59. The molecule has 0 fully saturated rings. The Morgan fingerprint density at radius 2 is 1.31 bits per heavy atom. The fraction of sp³-hybridized carbons (Fsp3) is 0.300. The molecule has 2 aromatic carbocycles. The monoisotopic (exact) mass is 370 g/mol. The minimum atomic E-state index is -0.997. The topological polar surface area (TPSA) is 40.5 Å². The summed E-state index contributed by atoms with van der Waals surface area (Å²) in [6.07, 6.45) is 0. The Morgan fingerprint density at radius 3 is 1.73 bits per heavy atom. The van der Waals surface area contributed by atoms with Crippen molar-refractivity contribution in [2.45, 2.75) is 39.9 Å². The zero-order valence-corrected chi connectivity index (χ0v) is 14.9. The van der Waals surface area contributed by atoms with Crippen molar-refractivity contribution in [3.63, 3.8) is 0 Å². The molecule has 0 aliphatic rings. The van der Waals surface area contributed by atoms with Crippen LogP contribution >= 0.6 is 0 Å². The predicted molar refractivity (Wildman–Crippen MR) is 93.4 cm³/mol. The van der Waals surface area contributed by atoms with Crippen molar-refractivity contribution in [3.8, 4) is 0 Å². The van der Waals surface area contributed by atoms with Crippen LogP contribution in [0.2, 0.25) is 0 Å². The molecule has 0 aliphatic heterocycles. The molecule has 0 bridgehead atoms. The van der Waals surface area contributed by atoms with E-state index in [1.165, 1.54) is 24.3 Å². The maximum Gasteiger partial charge on any atom is 0.166 e. The van der Waals surface area contributed by atoms with Gasteiger partial charge in [-0.3, -0.25) is 0 Å². The van der Waals surface area contributed by atoms with Gasteiger partial charge in [0.1, 0.15) is 0 Å². The van der Waals surface area contributed by atoms with Gasteiger partial charge < -0.3 is 10.2 Å². The minimum absolute atomic E-state index is 0.00176. The fourth-order valence-electron chi connectivity index (χ4n) is 2.21. The number of benzene rings is 2. The van der Waals surface area contributed by atoms with E-state index < -0.39 is 36.5 Å². The molecule has 0 aromatic heterocycles. The number of halogens is 4. The van der Waals surface area contributed by atoms with Gasteiger partial charge in [-0.25, -0.2) is 17.6 Å². The van der Waals surface area contributed by atoms with E-state index in [-0.39, 0.29) is 22.6 Å². The van der Waals surface area contributed by atoms with E-state index >= 15 is 0 Å². The largest absolute Gasteiger partial charge is 0.392 e. The van der Waals surface area contributed by atoms with Crippen LogP contribution in [0.3, 0.4) is 0 Å². The molecule has 0 radical (unpaired) electrons. The van der Waals surface area contributed by atoms with E-state index in [9.17, 15) is 17.6 Å². The highest BCUT2D eigenvalue weighted by molar-refractivity contribution is 5.62. The number of aliphatic hydroxyl groups is 2. The smallest absolute Gasteiger partial charge is 0.166 e. The first kappa shape index (κ1) is 21.9. The minimum Gasteiger partial charge on any atom is -0.392 e. The Hall–Kier alpha value is -2.18. The van der Waals surface area contributed by atoms with Crippen LogP contribution in [0.5, 0.6) is 0 Å². The third-order valence-electron chi connectivity index (χ3n) is 3.78. The van der Waals surface area contributed by atoms with E-state index in [0.29, 0.717) is 11.1 Å². The highest BCUT2D eigenvalue weighted by Gasteiger charge is 2.14. The molecule has 0 amide bonds. The van der Waals surface area contributed by atoms with Crippen LogP contribution in [-0.4, -0.2) is 10.2 Å². The molecule has 26 heavy (non-hydrogen) atoms. The molecular formula is C20H22F4O2. The molecule has 2 rings (SSSR count). The van der Waals surface area contributed by atoms with Crippen molar-refractivity contribution in [1.29, 1.82) is 0 Å². The van der Waals surface area contributed by atoms with Gasteiger partial charge in [0, 0.05) is 16.7 Å². The summed E-state index contributed by atoms with van der Waals surface area (Å²) in [6.45, 7) is 7.71.